The monoisotopic (exact) mass is 622 g/mol. The Balaban J connectivity index is 1.47. The maximum Gasteiger partial charge on any atom is 0.456 e. The lowest BCUT2D eigenvalue weighted by molar-refractivity contribution is -0.362. The normalized spacial score (nSPS) is 30.4. The number of carbonyl (C=O) groups is 3. The van der Waals surface area contributed by atoms with Gasteiger partial charge in [0.15, 0.2) is 5.78 Å². The third-order valence-corrected chi connectivity index (χ3v) is 10.2. The Hall–Kier alpha value is -3.54. The molecular weight excluding hydrogens is 587 g/mol. The maximum atomic E-state index is 15.1. The fourth-order valence-electron chi connectivity index (χ4n) is 8.12. The number of nitrogens with one attached hydrogen (secondary N) is 2. The zero-order chi connectivity index (χ0) is 32.1. The van der Waals surface area contributed by atoms with Crippen LogP contribution in [-0.2, 0) is 9.59 Å². The van der Waals surface area contributed by atoms with Gasteiger partial charge in [-0.15, -0.1) is 0 Å². The third kappa shape index (κ3) is 5.35. The molecule has 44 heavy (non-hydrogen) atoms. The molecule has 4 N–H and O–H groups in total. The number of urea groups is 1. The Morgan fingerprint density at radius 2 is 1.75 bits per heavy atom. The molecule has 0 aliphatic heterocycles. The Morgan fingerprint density at radius 3 is 2.41 bits per heavy atom. The average Bonchev–Trinajstić information content (AvgIpc) is 3.24. The topological polar surface area (TPSA) is 116 Å². The Bertz CT molecular complexity index is 1430. The highest BCUT2D eigenvalue weighted by atomic mass is 19.4. The number of aliphatic carboxylic acids is 1. The average molecular weight is 623 g/mol. The van der Waals surface area contributed by atoms with Crippen LogP contribution in [0.2, 0.25) is 0 Å². The van der Waals surface area contributed by atoms with Gasteiger partial charge in [-0.05, 0) is 78.7 Å². The first kappa shape index (κ1) is 31.9. The summed E-state index contributed by atoms with van der Waals surface area (Å²) in [5.41, 5.74) is -0.605. The fourth-order valence-corrected chi connectivity index (χ4v) is 8.12. The van der Waals surface area contributed by atoms with Crippen molar-refractivity contribution in [1.29, 1.82) is 0 Å². The van der Waals surface area contributed by atoms with E-state index in [9.17, 15) is 32.7 Å². The highest BCUT2D eigenvalue weighted by Crippen LogP contribution is 2.70. The van der Waals surface area contributed by atoms with Gasteiger partial charge < -0.3 is 20.8 Å². The SMILES string of the molecule is C[C@]12C[C@H](c3ccc(/C=C/CNC(=O)NCC(=O)O)cc3)C3=C4CCC(=O)C=C4CC[C@H]3[C@@H]1CC[C@@]2(O)C(F)(F)C(F)(F)F. The van der Waals surface area contributed by atoms with Gasteiger partial charge in [0.05, 0.1) is 0 Å². The molecule has 0 saturated heterocycles. The van der Waals surface area contributed by atoms with E-state index in [-0.39, 0.29) is 31.1 Å². The van der Waals surface area contributed by atoms with E-state index in [1.165, 1.54) is 6.92 Å². The van der Waals surface area contributed by atoms with Gasteiger partial charge in [0.2, 0.25) is 0 Å². The molecule has 2 saturated carbocycles. The molecule has 4 aliphatic carbocycles. The van der Waals surface area contributed by atoms with E-state index in [1.807, 2.05) is 0 Å². The number of aliphatic hydroxyl groups is 1. The number of rotatable bonds is 7. The van der Waals surface area contributed by atoms with E-state index in [4.69, 9.17) is 5.11 Å². The van der Waals surface area contributed by atoms with Crippen LogP contribution in [-0.4, -0.2) is 58.8 Å². The molecule has 2 amide bonds. The number of hydrogen-bond donors (Lipinski definition) is 4. The van der Waals surface area contributed by atoms with Crippen molar-refractivity contribution in [2.75, 3.05) is 13.1 Å². The summed E-state index contributed by atoms with van der Waals surface area (Å²) < 4.78 is 71.5. The highest BCUT2D eigenvalue weighted by Gasteiger charge is 2.79. The van der Waals surface area contributed by atoms with Crippen LogP contribution in [0.5, 0.6) is 0 Å². The van der Waals surface area contributed by atoms with Crippen molar-refractivity contribution in [2.45, 2.75) is 75.5 Å². The molecule has 12 heteroatoms. The maximum absolute atomic E-state index is 15.1. The second kappa shape index (κ2) is 11.4. The lowest BCUT2D eigenvalue weighted by Gasteiger charge is -2.56. The van der Waals surface area contributed by atoms with E-state index in [0.29, 0.717) is 25.7 Å². The van der Waals surface area contributed by atoms with Gasteiger partial charge in [-0.3, -0.25) is 9.59 Å². The predicted molar refractivity (Wildman–Crippen MR) is 151 cm³/mol. The number of alkyl halides is 5. The van der Waals surface area contributed by atoms with Crippen LogP contribution < -0.4 is 10.6 Å². The number of ketones is 1. The molecule has 0 unspecified atom stereocenters. The van der Waals surface area contributed by atoms with Gasteiger partial charge in [-0.1, -0.05) is 48.9 Å². The summed E-state index contributed by atoms with van der Waals surface area (Å²) in [7, 11) is 0. The Labute approximate surface area is 251 Å². The van der Waals surface area contributed by atoms with Crippen molar-refractivity contribution >= 4 is 23.9 Å². The Kier molecular flexibility index (Phi) is 8.28. The number of carboxylic acid groups (broad SMARTS) is 1. The van der Waals surface area contributed by atoms with E-state index >= 15 is 8.78 Å². The quantitative estimate of drug-likeness (QED) is 0.282. The van der Waals surface area contributed by atoms with Crippen molar-refractivity contribution in [3.8, 4) is 0 Å². The standard InChI is InChI=1S/C32H35F5N2O5/c1-29-16-24(19-6-4-18(5-7-19)3-2-14-38-28(43)39-17-26(41)42)27-22-11-9-21(40)15-20(22)8-10-23(27)25(29)12-13-30(29,44)31(33,34)32(35,36)37/h2-7,15,23-25,44H,8-14,16-17H2,1H3,(H,41,42)(H2,38,39,43)/b3-2+/t23-,24+,25-,29-,30-/m0/s1. The number of carboxylic acids is 1. The number of allylic oxidation sites excluding steroid dienone is 4. The van der Waals surface area contributed by atoms with Crippen molar-refractivity contribution in [2.24, 2.45) is 17.3 Å². The molecule has 5 rings (SSSR count). The van der Waals surface area contributed by atoms with Crippen LogP contribution in [0.25, 0.3) is 6.08 Å². The van der Waals surface area contributed by atoms with Crippen molar-refractivity contribution in [3.05, 3.63) is 64.3 Å². The second-order valence-corrected chi connectivity index (χ2v) is 12.5. The minimum atomic E-state index is -5.90. The number of benzene rings is 1. The van der Waals surface area contributed by atoms with E-state index in [2.05, 4.69) is 10.6 Å². The fraction of sp³-hybridized carbons (Fsp3) is 0.531. The molecule has 7 nitrogen and oxygen atoms in total. The first-order valence-electron chi connectivity index (χ1n) is 14.7. The summed E-state index contributed by atoms with van der Waals surface area (Å²) in [6.45, 7) is 0.994. The van der Waals surface area contributed by atoms with Gasteiger partial charge in [0, 0.05) is 24.3 Å². The van der Waals surface area contributed by atoms with Crippen LogP contribution in [0.3, 0.4) is 0 Å². The zero-order valence-electron chi connectivity index (χ0n) is 24.1. The molecule has 0 spiro atoms. The molecule has 1 aromatic carbocycles. The first-order chi connectivity index (χ1) is 20.6. The lowest BCUT2D eigenvalue weighted by Crippen LogP contribution is -2.65. The van der Waals surface area contributed by atoms with Crippen LogP contribution in [0.1, 0.15) is 68.9 Å². The highest BCUT2D eigenvalue weighted by molar-refractivity contribution is 5.93. The minimum absolute atomic E-state index is 0.0186. The number of carbonyl (C=O) groups excluding carboxylic acids is 2. The van der Waals surface area contributed by atoms with Crippen molar-refractivity contribution < 1.29 is 46.5 Å². The van der Waals surface area contributed by atoms with Crippen molar-refractivity contribution in [1.82, 2.24) is 10.6 Å². The van der Waals surface area contributed by atoms with Gasteiger partial charge in [-0.25, -0.2) is 4.79 Å². The number of amides is 2. The summed E-state index contributed by atoms with van der Waals surface area (Å²) >= 11 is 0. The summed E-state index contributed by atoms with van der Waals surface area (Å²) in [5, 5.41) is 24.7. The van der Waals surface area contributed by atoms with Gasteiger partial charge in [-0.2, -0.15) is 22.0 Å². The molecule has 0 radical (unpaired) electrons. The molecule has 238 valence electrons. The van der Waals surface area contributed by atoms with Crippen molar-refractivity contribution in [3.63, 3.8) is 0 Å². The van der Waals surface area contributed by atoms with E-state index in [0.717, 1.165) is 27.8 Å². The van der Waals surface area contributed by atoms with Gasteiger partial charge >= 0.3 is 24.1 Å². The second-order valence-electron chi connectivity index (χ2n) is 12.5. The molecule has 5 atom stereocenters. The number of fused-ring (bicyclic) bond motifs is 4. The van der Waals surface area contributed by atoms with Gasteiger partial charge in [0.25, 0.3) is 0 Å². The van der Waals surface area contributed by atoms with Crippen LogP contribution in [0.4, 0.5) is 26.7 Å². The molecule has 2 fully saturated rings. The molecule has 0 aromatic heterocycles. The lowest BCUT2D eigenvalue weighted by atomic mass is 9.50. The van der Waals surface area contributed by atoms with Crippen LogP contribution in [0.15, 0.2) is 53.1 Å². The predicted octanol–water partition coefficient (Wildman–Crippen LogP) is 5.91. The molecule has 1 aromatic rings. The van der Waals surface area contributed by atoms with E-state index < -0.39 is 59.9 Å². The van der Waals surface area contributed by atoms with Crippen LogP contribution >= 0.6 is 0 Å². The largest absolute Gasteiger partial charge is 0.480 e. The van der Waals surface area contributed by atoms with E-state index in [1.54, 1.807) is 42.5 Å². The molecule has 0 heterocycles. The first-order valence-corrected chi connectivity index (χ1v) is 14.7. The summed E-state index contributed by atoms with van der Waals surface area (Å²) in [4.78, 5) is 34.4. The third-order valence-electron chi connectivity index (χ3n) is 10.2. The smallest absolute Gasteiger partial charge is 0.456 e. The summed E-state index contributed by atoms with van der Waals surface area (Å²) in [5.74, 6) is -7.84. The molecular formula is C32H35F5N2O5. The summed E-state index contributed by atoms with van der Waals surface area (Å²) in [6, 6.07) is 6.51. The number of halogens is 5. The summed E-state index contributed by atoms with van der Waals surface area (Å²) in [6.07, 6.45) is 0.260. The zero-order valence-corrected chi connectivity index (χ0v) is 24.1. The molecule has 4 aliphatic rings. The minimum Gasteiger partial charge on any atom is -0.480 e. The van der Waals surface area contributed by atoms with Gasteiger partial charge in [0.1, 0.15) is 12.1 Å². The Morgan fingerprint density at radius 1 is 1.05 bits per heavy atom. The van der Waals surface area contributed by atoms with Crippen LogP contribution in [0, 0.1) is 17.3 Å². The molecule has 0 bridgehead atoms. The number of hydrogen-bond acceptors (Lipinski definition) is 4.